The highest BCUT2D eigenvalue weighted by Gasteiger charge is 2.25. The average Bonchev–Trinajstić information content (AvgIpc) is 3.29. The number of carboxylic acid groups (broad SMARTS) is 4. The Hall–Kier alpha value is -5.22. The number of amides is 5. The first-order valence-electron chi connectivity index (χ1n) is 24.6. The zero-order valence-corrected chi connectivity index (χ0v) is 40.9. The third kappa shape index (κ3) is 38.3. The van der Waals surface area contributed by atoms with Crippen LogP contribution < -0.4 is 31.9 Å². The maximum absolute atomic E-state index is 12.5. The van der Waals surface area contributed by atoms with Crippen molar-refractivity contribution < 1.29 is 82.1 Å². The molecular weight excluding hydrogens is 905 g/mol. The van der Waals surface area contributed by atoms with Crippen molar-refractivity contribution in [3.8, 4) is 0 Å². The van der Waals surface area contributed by atoms with Crippen molar-refractivity contribution >= 4 is 59.2 Å². The Morgan fingerprint density at radius 2 is 0.797 bits per heavy atom. The molecule has 0 fully saturated rings. The average molecular weight is 993 g/mol. The molecule has 0 radical (unpaired) electrons. The lowest BCUT2D eigenvalue weighted by Crippen LogP contribution is -2.45. The normalized spacial score (nSPS) is 12.7. The summed E-state index contributed by atoms with van der Waals surface area (Å²) in [5.74, 6) is -7.55. The summed E-state index contributed by atoms with van der Waals surface area (Å²) >= 11 is 0. The molecule has 0 rings (SSSR count). The van der Waals surface area contributed by atoms with E-state index in [0.717, 1.165) is 51.4 Å². The molecule has 0 aliphatic carbocycles. The molecule has 402 valence electrons. The molecule has 22 nitrogen and oxygen atoms in total. The molecule has 4 atom stereocenters. The highest BCUT2D eigenvalue weighted by Crippen LogP contribution is 2.14. The van der Waals surface area contributed by atoms with E-state index in [4.69, 9.17) is 14.6 Å². The molecular formula is C47H88N6O16. The fourth-order valence-corrected chi connectivity index (χ4v) is 7.13. The number of rotatable bonds is 47. The summed E-state index contributed by atoms with van der Waals surface area (Å²) in [5, 5.41) is 52.4. The van der Waals surface area contributed by atoms with E-state index < -0.39 is 78.7 Å². The van der Waals surface area contributed by atoms with E-state index in [1.54, 1.807) is 7.05 Å². The van der Waals surface area contributed by atoms with Gasteiger partial charge in [-0.2, -0.15) is 0 Å². The van der Waals surface area contributed by atoms with E-state index in [1.165, 1.54) is 39.0 Å². The van der Waals surface area contributed by atoms with Gasteiger partial charge in [0.05, 0.1) is 25.9 Å². The third-order valence-electron chi connectivity index (χ3n) is 11.2. The van der Waals surface area contributed by atoms with Gasteiger partial charge in [0.25, 0.3) is 0 Å². The molecule has 0 aromatic carbocycles. The van der Waals surface area contributed by atoms with Crippen LogP contribution in [0.5, 0.6) is 0 Å². The predicted octanol–water partition coefficient (Wildman–Crippen LogP) is 3.71. The Bertz CT molecular complexity index is 1570. The fourth-order valence-electron chi connectivity index (χ4n) is 7.13. The summed E-state index contributed by atoms with van der Waals surface area (Å²) in [6, 6.07) is -4.35. The molecule has 0 spiro atoms. The lowest BCUT2D eigenvalue weighted by Gasteiger charge is -2.17. The third-order valence-corrected chi connectivity index (χ3v) is 11.2. The van der Waals surface area contributed by atoms with E-state index in [9.17, 15) is 63.3 Å². The Balaban J connectivity index is -0.00000771. The first kappa shape index (κ1) is 63.8. The van der Waals surface area contributed by atoms with Crippen molar-refractivity contribution in [2.24, 2.45) is 0 Å². The van der Waals surface area contributed by atoms with Gasteiger partial charge in [-0.25, -0.2) is 14.4 Å². The Morgan fingerprint density at radius 3 is 1.23 bits per heavy atom. The summed E-state index contributed by atoms with van der Waals surface area (Å²) < 4.78 is 10.6. The van der Waals surface area contributed by atoms with Crippen LogP contribution in [-0.2, 0) is 57.4 Å². The summed E-state index contributed by atoms with van der Waals surface area (Å²) in [4.78, 5) is 119. The number of carbonyl (C=O) groups excluding carboxylic acids is 6. The Kier molecular flexibility index (Phi) is 38.6. The first-order valence-corrected chi connectivity index (χ1v) is 24.6. The van der Waals surface area contributed by atoms with Crippen LogP contribution in [0.3, 0.4) is 0 Å². The largest absolute Gasteiger partial charge is 0.481 e. The zero-order chi connectivity index (χ0) is 51.7. The smallest absolute Gasteiger partial charge is 0.326 e. The van der Waals surface area contributed by atoms with Crippen molar-refractivity contribution in [2.75, 3.05) is 46.6 Å². The molecule has 22 heteroatoms. The molecule has 0 saturated heterocycles. The number of Topliss-reactive ketones (excluding diaryl/α,β-unsaturated/α-hetero) is 1. The van der Waals surface area contributed by atoms with Crippen LogP contribution in [-0.4, -0.2) is 150 Å². The Morgan fingerprint density at radius 1 is 0.406 bits per heavy atom. The number of likely N-dealkylation sites (N-methyl/N-ethyl adjacent to an activating group) is 1. The van der Waals surface area contributed by atoms with Crippen LogP contribution in [0.1, 0.15) is 172 Å². The second kappa shape index (κ2) is 41.7. The highest BCUT2D eigenvalue weighted by atomic mass is 16.5. The minimum absolute atomic E-state index is 0. The summed E-state index contributed by atoms with van der Waals surface area (Å²) in [6.07, 6.45) is 15.6. The molecule has 0 aliphatic rings. The van der Waals surface area contributed by atoms with Gasteiger partial charge in [-0.05, 0) is 65.3 Å². The molecule has 0 aliphatic heterocycles. The minimum atomic E-state index is -1.48. The SMILES string of the molecule is CN[C@@H](CCCCNC(=O)CC[C@H](NC(=O)CC[C@H](NC(=O)COCCOCCNC(=O)CC[C@H](NC(=O)CCCCCCCCCCCCCCCCC(=O)O)C(=O)O)C(=O)O)C(=O)O)C(C)=O.[HH].[HH].[HH]. The van der Waals surface area contributed by atoms with E-state index in [2.05, 4.69) is 31.9 Å². The number of hydrogen-bond donors (Lipinski definition) is 10. The topological polar surface area (TPSA) is 342 Å². The van der Waals surface area contributed by atoms with Gasteiger partial charge in [0.15, 0.2) is 0 Å². The summed E-state index contributed by atoms with van der Waals surface area (Å²) in [6.45, 7) is 1.43. The quantitative estimate of drug-likeness (QED) is 0.0389. The van der Waals surface area contributed by atoms with E-state index in [0.29, 0.717) is 32.2 Å². The van der Waals surface area contributed by atoms with Crippen LogP contribution >= 0.6 is 0 Å². The van der Waals surface area contributed by atoms with E-state index in [-0.39, 0.29) is 93.3 Å². The van der Waals surface area contributed by atoms with Gasteiger partial charge in [-0.3, -0.25) is 33.6 Å². The minimum Gasteiger partial charge on any atom is -0.481 e. The van der Waals surface area contributed by atoms with Crippen molar-refractivity contribution in [2.45, 2.75) is 192 Å². The number of carboxylic acids is 4. The number of aliphatic carboxylic acids is 4. The van der Waals surface area contributed by atoms with Gasteiger partial charge in [-0.15, -0.1) is 0 Å². The molecule has 0 aromatic heterocycles. The van der Waals surface area contributed by atoms with Crippen LogP contribution in [0.25, 0.3) is 0 Å². The second-order valence-electron chi connectivity index (χ2n) is 17.1. The second-order valence-corrected chi connectivity index (χ2v) is 17.1. The van der Waals surface area contributed by atoms with Crippen molar-refractivity contribution in [1.82, 2.24) is 31.9 Å². The van der Waals surface area contributed by atoms with Gasteiger partial charge in [-0.1, -0.05) is 77.0 Å². The van der Waals surface area contributed by atoms with Gasteiger partial charge < -0.3 is 61.8 Å². The van der Waals surface area contributed by atoms with Crippen LogP contribution in [0.4, 0.5) is 0 Å². The lowest BCUT2D eigenvalue weighted by atomic mass is 10.0. The molecule has 10 N–H and O–H groups in total. The molecule has 0 heterocycles. The van der Waals surface area contributed by atoms with E-state index >= 15 is 0 Å². The molecule has 0 unspecified atom stereocenters. The van der Waals surface area contributed by atoms with Crippen molar-refractivity contribution in [1.29, 1.82) is 0 Å². The number of nitrogens with one attached hydrogen (secondary N) is 6. The zero-order valence-electron chi connectivity index (χ0n) is 40.9. The Labute approximate surface area is 410 Å². The maximum Gasteiger partial charge on any atom is 0.326 e. The van der Waals surface area contributed by atoms with Gasteiger partial charge in [0.1, 0.15) is 30.5 Å². The van der Waals surface area contributed by atoms with E-state index in [1.807, 2.05) is 0 Å². The molecule has 69 heavy (non-hydrogen) atoms. The predicted molar refractivity (Wildman–Crippen MR) is 259 cm³/mol. The van der Waals surface area contributed by atoms with Crippen LogP contribution in [0, 0.1) is 0 Å². The van der Waals surface area contributed by atoms with Gasteiger partial charge >= 0.3 is 23.9 Å². The molecule has 0 saturated carbocycles. The number of ether oxygens (including phenoxy) is 2. The van der Waals surface area contributed by atoms with Crippen molar-refractivity contribution in [3.63, 3.8) is 0 Å². The monoisotopic (exact) mass is 993 g/mol. The maximum atomic E-state index is 12.5. The first-order chi connectivity index (χ1) is 33.0. The summed E-state index contributed by atoms with van der Waals surface area (Å²) in [5.41, 5.74) is 0. The molecule has 0 aromatic rings. The van der Waals surface area contributed by atoms with Crippen LogP contribution in [0.15, 0.2) is 0 Å². The highest BCUT2D eigenvalue weighted by molar-refractivity contribution is 5.87. The number of unbranched alkanes of at least 4 members (excludes halogenated alkanes) is 14. The molecule has 0 bridgehead atoms. The molecule has 5 amide bonds. The number of carbonyl (C=O) groups is 10. The van der Waals surface area contributed by atoms with Gasteiger partial charge in [0.2, 0.25) is 29.5 Å². The van der Waals surface area contributed by atoms with Gasteiger partial charge in [0, 0.05) is 49.5 Å². The number of hydrogen-bond acceptors (Lipinski definition) is 13. The lowest BCUT2D eigenvalue weighted by molar-refractivity contribution is -0.144. The number of ketones is 1. The standard InChI is InChI=1S/C47H82N6O16.3H2/c1-34(54)35(48-2)19-17-18-28-49-39(55)25-22-37(46(64)65)52-42(58)27-24-38(47(66)67)53-43(59)33-69-32-31-68-30-29-50-40(56)26-23-36(45(62)63)51-41(57)20-15-13-11-9-7-5-3-4-6-8-10-12-14-16-21-44(60)61;;;/h35-38,48H,3-33H2,1-2H3,(H,49,55)(H,50,56)(H,51,57)(H,52,58)(H,53,59)(H,60,61)(H,62,63)(H,64,65)(H,66,67);3*1H/t35-,36-,37-,38-;;;/m0.../s1. The van der Waals surface area contributed by atoms with Crippen LogP contribution in [0.2, 0.25) is 0 Å². The fraction of sp³-hybridized carbons (Fsp3) is 0.787. The van der Waals surface area contributed by atoms with Crippen molar-refractivity contribution in [3.05, 3.63) is 0 Å². The summed E-state index contributed by atoms with van der Waals surface area (Å²) in [7, 11) is 1.69.